The van der Waals surface area contributed by atoms with Crippen molar-refractivity contribution in [3.8, 4) is 0 Å². The van der Waals surface area contributed by atoms with Crippen molar-refractivity contribution in [1.29, 1.82) is 0 Å². The monoisotopic (exact) mass is 305 g/mol. The zero-order valence-corrected chi connectivity index (χ0v) is 12.7. The number of amides is 1. The van der Waals surface area contributed by atoms with Crippen LogP contribution in [0.2, 0.25) is 5.02 Å². The molecule has 2 aliphatic rings. The normalized spacial score (nSPS) is 25.4. The molecule has 21 heavy (non-hydrogen) atoms. The summed E-state index contributed by atoms with van der Waals surface area (Å²) in [5.41, 5.74) is 6.95. The third-order valence-corrected chi connectivity index (χ3v) is 4.43. The molecule has 3 rings (SSSR count). The molecule has 0 spiro atoms. The van der Waals surface area contributed by atoms with Crippen LogP contribution in [0.1, 0.15) is 6.42 Å². The van der Waals surface area contributed by atoms with Crippen LogP contribution >= 0.6 is 11.6 Å². The summed E-state index contributed by atoms with van der Waals surface area (Å²) in [5.74, 6) is 0.183. The number of nitrogens with zero attached hydrogens (tertiary/aromatic N) is 2. The molecule has 112 valence electrons. The minimum absolute atomic E-state index is 0.0299. The molecule has 1 fully saturated rings. The Morgan fingerprint density at radius 3 is 2.57 bits per heavy atom. The number of carbonyl (C=O) groups excluding carboxylic acids is 1. The van der Waals surface area contributed by atoms with Gasteiger partial charge in [0.1, 0.15) is 0 Å². The van der Waals surface area contributed by atoms with Gasteiger partial charge in [-0.25, -0.2) is 0 Å². The van der Waals surface area contributed by atoms with Gasteiger partial charge < -0.3 is 15.5 Å². The molecule has 2 atom stereocenters. The highest BCUT2D eigenvalue weighted by Gasteiger charge is 2.29. The van der Waals surface area contributed by atoms with Crippen molar-refractivity contribution in [2.24, 2.45) is 11.7 Å². The number of halogens is 1. The van der Waals surface area contributed by atoms with Crippen LogP contribution in [0.4, 0.5) is 5.69 Å². The van der Waals surface area contributed by atoms with Gasteiger partial charge in [-0.2, -0.15) is 0 Å². The van der Waals surface area contributed by atoms with E-state index >= 15 is 0 Å². The lowest BCUT2D eigenvalue weighted by Crippen LogP contribution is -2.50. The average molecular weight is 306 g/mol. The van der Waals surface area contributed by atoms with Crippen molar-refractivity contribution in [3.63, 3.8) is 0 Å². The van der Waals surface area contributed by atoms with Gasteiger partial charge in [0.05, 0.1) is 5.92 Å². The fourth-order valence-electron chi connectivity index (χ4n) is 3.00. The van der Waals surface area contributed by atoms with Crippen molar-refractivity contribution in [2.75, 3.05) is 31.1 Å². The van der Waals surface area contributed by atoms with Crippen molar-refractivity contribution in [3.05, 3.63) is 41.4 Å². The summed E-state index contributed by atoms with van der Waals surface area (Å²) in [6.45, 7) is 3.19. The highest BCUT2D eigenvalue weighted by Crippen LogP contribution is 2.23. The molecule has 1 aliphatic carbocycles. The number of rotatable bonds is 2. The maximum Gasteiger partial charge on any atom is 0.229 e. The molecule has 2 unspecified atom stereocenters. The molecule has 0 saturated carbocycles. The first-order valence-electron chi connectivity index (χ1n) is 7.37. The molecule has 1 amide bonds. The predicted molar refractivity (Wildman–Crippen MR) is 85.5 cm³/mol. The number of benzene rings is 1. The summed E-state index contributed by atoms with van der Waals surface area (Å²) < 4.78 is 0. The highest BCUT2D eigenvalue weighted by atomic mass is 35.5. The summed E-state index contributed by atoms with van der Waals surface area (Å²) in [4.78, 5) is 16.6. The molecular weight excluding hydrogens is 286 g/mol. The SMILES string of the molecule is NC1C=CC(C(=O)N2CCN(c3cccc(Cl)c3)CC2)C1. The Hall–Kier alpha value is -1.52. The van der Waals surface area contributed by atoms with E-state index < -0.39 is 0 Å². The van der Waals surface area contributed by atoms with Crippen LogP contribution in [-0.4, -0.2) is 43.0 Å². The van der Waals surface area contributed by atoms with E-state index in [-0.39, 0.29) is 17.9 Å². The van der Waals surface area contributed by atoms with Gasteiger partial charge in [0, 0.05) is 42.9 Å². The Morgan fingerprint density at radius 2 is 1.95 bits per heavy atom. The molecule has 0 radical (unpaired) electrons. The van der Waals surface area contributed by atoms with E-state index in [1.54, 1.807) is 0 Å². The summed E-state index contributed by atoms with van der Waals surface area (Å²) in [6.07, 6.45) is 4.63. The van der Waals surface area contributed by atoms with E-state index in [1.807, 2.05) is 35.3 Å². The Morgan fingerprint density at radius 1 is 1.19 bits per heavy atom. The van der Waals surface area contributed by atoms with Crippen molar-refractivity contribution in [1.82, 2.24) is 4.90 Å². The zero-order chi connectivity index (χ0) is 14.8. The molecule has 1 saturated heterocycles. The number of nitrogens with two attached hydrogens (primary N) is 1. The van der Waals surface area contributed by atoms with E-state index in [0.29, 0.717) is 0 Å². The Labute approximate surface area is 130 Å². The van der Waals surface area contributed by atoms with Crippen molar-refractivity contribution >= 4 is 23.2 Å². The third-order valence-electron chi connectivity index (χ3n) is 4.20. The molecule has 0 aromatic heterocycles. The molecule has 1 aromatic carbocycles. The third kappa shape index (κ3) is 3.22. The first-order chi connectivity index (χ1) is 10.1. The lowest BCUT2D eigenvalue weighted by Gasteiger charge is -2.37. The van der Waals surface area contributed by atoms with Crippen LogP contribution in [0.15, 0.2) is 36.4 Å². The first-order valence-corrected chi connectivity index (χ1v) is 7.74. The average Bonchev–Trinajstić information content (AvgIpc) is 2.93. The zero-order valence-electron chi connectivity index (χ0n) is 11.9. The van der Waals surface area contributed by atoms with Gasteiger partial charge in [-0.15, -0.1) is 0 Å². The van der Waals surface area contributed by atoms with E-state index in [4.69, 9.17) is 17.3 Å². The Balaban J connectivity index is 1.58. The van der Waals surface area contributed by atoms with Crippen LogP contribution in [0.3, 0.4) is 0 Å². The standard InChI is InChI=1S/C16H20ClN3O/c17-13-2-1-3-15(11-13)19-6-8-20(9-7-19)16(21)12-4-5-14(18)10-12/h1-5,11-12,14H,6-10,18H2. The van der Waals surface area contributed by atoms with Crippen LogP contribution < -0.4 is 10.6 Å². The molecular formula is C16H20ClN3O. The maximum absolute atomic E-state index is 12.4. The number of piperazine rings is 1. The number of hydrogen-bond acceptors (Lipinski definition) is 3. The second-order valence-electron chi connectivity index (χ2n) is 5.68. The van der Waals surface area contributed by atoms with E-state index in [1.165, 1.54) is 0 Å². The highest BCUT2D eigenvalue weighted by molar-refractivity contribution is 6.30. The van der Waals surface area contributed by atoms with Gasteiger partial charge in [0.25, 0.3) is 0 Å². The van der Waals surface area contributed by atoms with Crippen LogP contribution in [0.25, 0.3) is 0 Å². The molecule has 1 aliphatic heterocycles. The minimum atomic E-state index is -0.0299. The summed E-state index contributed by atoms with van der Waals surface area (Å²) >= 11 is 6.03. The van der Waals surface area contributed by atoms with Gasteiger partial charge in [0.2, 0.25) is 5.91 Å². The van der Waals surface area contributed by atoms with Gasteiger partial charge in [-0.05, 0) is 24.6 Å². The Kier molecular flexibility index (Phi) is 4.17. The fraction of sp³-hybridized carbons (Fsp3) is 0.438. The van der Waals surface area contributed by atoms with Crippen molar-refractivity contribution < 1.29 is 4.79 Å². The summed E-state index contributed by atoms with van der Waals surface area (Å²) in [7, 11) is 0. The minimum Gasteiger partial charge on any atom is -0.368 e. The van der Waals surface area contributed by atoms with Gasteiger partial charge in [0.15, 0.2) is 0 Å². The molecule has 1 heterocycles. The molecule has 5 heteroatoms. The van der Waals surface area contributed by atoms with E-state index in [9.17, 15) is 4.79 Å². The summed E-state index contributed by atoms with van der Waals surface area (Å²) in [6, 6.07) is 7.90. The maximum atomic E-state index is 12.4. The molecule has 2 N–H and O–H groups in total. The van der Waals surface area contributed by atoms with Crippen LogP contribution in [-0.2, 0) is 4.79 Å². The molecule has 0 bridgehead atoms. The number of anilines is 1. The topological polar surface area (TPSA) is 49.6 Å². The van der Waals surface area contributed by atoms with Gasteiger partial charge >= 0.3 is 0 Å². The lowest BCUT2D eigenvalue weighted by atomic mass is 10.1. The van der Waals surface area contributed by atoms with E-state index in [0.717, 1.165) is 43.3 Å². The quantitative estimate of drug-likeness (QED) is 0.849. The molecule has 1 aromatic rings. The molecule has 4 nitrogen and oxygen atoms in total. The lowest BCUT2D eigenvalue weighted by molar-refractivity contribution is -0.134. The largest absolute Gasteiger partial charge is 0.368 e. The second-order valence-corrected chi connectivity index (χ2v) is 6.12. The van der Waals surface area contributed by atoms with Crippen molar-refractivity contribution in [2.45, 2.75) is 12.5 Å². The van der Waals surface area contributed by atoms with E-state index in [2.05, 4.69) is 11.0 Å². The number of hydrogen-bond donors (Lipinski definition) is 1. The second kappa shape index (κ2) is 6.08. The van der Waals surface area contributed by atoms with Gasteiger partial charge in [-0.3, -0.25) is 4.79 Å². The first kappa shape index (κ1) is 14.4. The van der Waals surface area contributed by atoms with Crippen LogP contribution in [0.5, 0.6) is 0 Å². The predicted octanol–water partition coefficient (Wildman–Crippen LogP) is 1.89. The fourth-order valence-corrected chi connectivity index (χ4v) is 3.19. The Bertz CT molecular complexity index is 552. The smallest absolute Gasteiger partial charge is 0.229 e. The summed E-state index contributed by atoms with van der Waals surface area (Å²) in [5, 5.41) is 0.746. The van der Waals surface area contributed by atoms with Gasteiger partial charge in [-0.1, -0.05) is 29.8 Å². The van der Waals surface area contributed by atoms with Crippen LogP contribution in [0, 0.1) is 5.92 Å². The number of carbonyl (C=O) groups is 1.